The molecule has 0 saturated heterocycles. The molecule has 0 atom stereocenters. The molecule has 108 valence electrons. The molecule has 0 aliphatic carbocycles. The second-order valence-electron chi connectivity index (χ2n) is 4.19. The van der Waals surface area contributed by atoms with Crippen molar-refractivity contribution in [1.82, 2.24) is 5.43 Å². The van der Waals surface area contributed by atoms with Crippen molar-refractivity contribution in [3.05, 3.63) is 65.5 Å². The first-order valence-electron chi connectivity index (χ1n) is 6.20. The molecule has 21 heavy (non-hydrogen) atoms. The van der Waals surface area contributed by atoms with Crippen LogP contribution in [0.25, 0.3) is 0 Å². The average molecular weight is 303 g/mol. The van der Waals surface area contributed by atoms with E-state index in [9.17, 15) is 4.39 Å². The van der Waals surface area contributed by atoms with Crippen LogP contribution in [-0.4, -0.2) is 11.3 Å². The molecule has 0 bridgehead atoms. The lowest BCUT2D eigenvalue weighted by molar-refractivity contribution is 0.300. The van der Waals surface area contributed by atoms with Crippen LogP contribution >= 0.6 is 12.2 Å². The molecule has 0 spiro atoms. The zero-order chi connectivity index (χ0) is 15.1. The summed E-state index contributed by atoms with van der Waals surface area (Å²) in [7, 11) is 0. The summed E-state index contributed by atoms with van der Waals surface area (Å²) in [6.07, 6.45) is 1.56. The number of halogens is 1. The van der Waals surface area contributed by atoms with E-state index in [0.717, 1.165) is 5.56 Å². The third-order valence-corrected chi connectivity index (χ3v) is 2.69. The van der Waals surface area contributed by atoms with Crippen LogP contribution in [-0.2, 0) is 6.61 Å². The summed E-state index contributed by atoms with van der Waals surface area (Å²) in [5.74, 6) is 0.341. The SMILES string of the molecule is NC(=S)N/N=C\c1cccc(OCc2ccccc2F)c1. The van der Waals surface area contributed by atoms with Crippen molar-refractivity contribution in [2.45, 2.75) is 6.61 Å². The van der Waals surface area contributed by atoms with E-state index < -0.39 is 0 Å². The van der Waals surface area contributed by atoms with Gasteiger partial charge in [0, 0.05) is 5.56 Å². The first-order chi connectivity index (χ1) is 10.1. The minimum absolute atomic E-state index is 0.0956. The van der Waals surface area contributed by atoms with Crippen molar-refractivity contribution >= 4 is 23.5 Å². The summed E-state index contributed by atoms with van der Waals surface area (Å²) in [5, 5.41) is 3.95. The van der Waals surface area contributed by atoms with Crippen LogP contribution in [0.4, 0.5) is 4.39 Å². The van der Waals surface area contributed by atoms with E-state index >= 15 is 0 Å². The van der Waals surface area contributed by atoms with Crippen LogP contribution in [0.2, 0.25) is 0 Å². The molecule has 0 saturated carbocycles. The molecule has 6 heteroatoms. The fraction of sp³-hybridized carbons (Fsp3) is 0.0667. The molecule has 0 aromatic heterocycles. The van der Waals surface area contributed by atoms with E-state index in [4.69, 9.17) is 10.5 Å². The number of hydrogen-bond acceptors (Lipinski definition) is 3. The van der Waals surface area contributed by atoms with E-state index in [1.165, 1.54) is 6.07 Å². The van der Waals surface area contributed by atoms with Gasteiger partial charge in [0.15, 0.2) is 5.11 Å². The highest BCUT2D eigenvalue weighted by Crippen LogP contribution is 2.15. The summed E-state index contributed by atoms with van der Waals surface area (Å²) in [6, 6.07) is 13.7. The Bertz CT molecular complexity index is 661. The Labute approximate surface area is 127 Å². The number of nitrogens with one attached hydrogen (secondary N) is 1. The largest absolute Gasteiger partial charge is 0.489 e. The molecule has 0 aliphatic heterocycles. The summed E-state index contributed by atoms with van der Waals surface area (Å²) in [4.78, 5) is 0. The van der Waals surface area contributed by atoms with Gasteiger partial charge in [-0.1, -0.05) is 30.3 Å². The van der Waals surface area contributed by atoms with Gasteiger partial charge in [0.05, 0.1) is 6.21 Å². The zero-order valence-corrected chi connectivity index (χ0v) is 11.9. The Kier molecular flexibility index (Phi) is 5.22. The minimum Gasteiger partial charge on any atom is -0.489 e. The lowest BCUT2D eigenvalue weighted by Gasteiger charge is -2.07. The predicted octanol–water partition coefficient (Wildman–Crippen LogP) is 2.57. The molecule has 0 heterocycles. The van der Waals surface area contributed by atoms with E-state index in [2.05, 4.69) is 22.7 Å². The zero-order valence-electron chi connectivity index (χ0n) is 11.1. The lowest BCUT2D eigenvalue weighted by atomic mass is 10.2. The van der Waals surface area contributed by atoms with Gasteiger partial charge >= 0.3 is 0 Å². The Hall–Kier alpha value is -2.47. The molecule has 2 aromatic rings. The van der Waals surface area contributed by atoms with Crippen LogP contribution in [0.3, 0.4) is 0 Å². The Morgan fingerprint density at radius 3 is 2.86 bits per heavy atom. The number of nitrogens with zero attached hydrogens (tertiary/aromatic N) is 1. The molecular formula is C15H14FN3OS. The van der Waals surface area contributed by atoms with Crippen LogP contribution < -0.4 is 15.9 Å². The van der Waals surface area contributed by atoms with Crippen molar-refractivity contribution in [1.29, 1.82) is 0 Å². The van der Waals surface area contributed by atoms with E-state index in [1.807, 2.05) is 12.1 Å². The van der Waals surface area contributed by atoms with Crippen LogP contribution in [0, 0.1) is 5.82 Å². The van der Waals surface area contributed by atoms with Crippen molar-refractivity contribution in [3.63, 3.8) is 0 Å². The molecule has 3 N–H and O–H groups in total. The molecule has 0 radical (unpaired) electrons. The summed E-state index contributed by atoms with van der Waals surface area (Å²) >= 11 is 4.64. The monoisotopic (exact) mass is 303 g/mol. The van der Waals surface area contributed by atoms with Gasteiger partial charge in [0.25, 0.3) is 0 Å². The smallest absolute Gasteiger partial charge is 0.184 e. The Morgan fingerprint density at radius 1 is 1.29 bits per heavy atom. The summed E-state index contributed by atoms with van der Waals surface area (Å²) in [6.45, 7) is 0.165. The normalized spacial score (nSPS) is 10.5. The van der Waals surface area contributed by atoms with Gasteiger partial charge in [-0.2, -0.15) is 5.10 Å². The summed E-state index contributed by atoms with van der Waals surface area (Å²) < 4.78 is 19.0. The number of nitrogens with two attached hydrogens (primary N) is 1. The van der Waals surface area contributed by atoms with Gasteiger partial charge in [-0.25, -0.2) is 4.39 Å². The molecule has 4 nitrogen and oxygen atoms in total. The highest BCUT2D eigenvalue weighted by Gasteiger charge is 2.02. The number of ether oxygens (including phenoxy) is 1. The maximum Gasteiger partial charge on any atom is 0.184 e. The maximum absolute atomic E-state index is 13.5. The van der Waals surface area contributed by atoms with Gasteiger partial charge in [-0.05, 0) is 36.0 Å². The minimum atomic E-state index is -0.282. The topological polar surface area (TPSA) is 59.6 Å². The van der Waals surface area contributed by atoms with Crippen molar-refractivity contribution in [3.8, 4) is 5.75 Å². The first-order valence-corrected chi connectivity index (χ1v) is 6.61. The molecule has 0 fully saturated rings. The Balaban J connectivity index is 1.99. The quantitative estimate of drug-likeness (QED) is 0.506. The first kappa shape index (κ1) is 14.9. The fourth-order valence-electron chi connectivity index (χ4n) is 1.63. The van der Waals surface area contributed by atoms with Crippen molar-refractivity contribution < 1.29 is 9.13 Å². The number of hydrogen-bond donors (Lipinski definition) is 2. The number of hydrazone groups is 1. The van der Waals surface area contributed by atoms with Gasteiger partial charge < -0.3 is 10.5 Å². The van der Waals surface area contributed by atoms with E-state index in [-0.39, 0.29) is 17.5 Å². The second-order valence-corrected chi connectivity index (χ2v) is 4.63. The molecule has 0 aliphatic rings. The summed E-state index contributed by atoms with van der Waals surface area (Å²) in [5.41, 5.74) is 9.04. The van der Waals surface area contributed by atoms with Gasteiger partial charge in [0.1, 0.15) is 18.2 Å². The van der Waals surface area contributed by atoms with Crippen LogP contribution in [0.1, 0.15) is 11.1 Å². The highest BCUT2D eigenvalue weighted by molar-refractivity contribution is 7.80. The number of rotatable bonds is 5. The van der Waals surface area contributed by atoms with Gasteiger partial charge in [-0.3, -0.25) is 5.43 Å². The lowest BCUT2D eigenvalue weighted by Crippen LogP contribution is -2.23. The second kappa shape index (κ2) is 7.35. The van der Waals surface area contributed by atoms with Crippen molar-refractivity contribution in [2.24, 2.45) is 10.8 Å². The van der Waals surface area contributed by atoms with Crippen LogP contribution in [0.15, 0.2) is 53.6 Å². The molecule has 0 amide bonds. The third-order valence-electron chi connectivity index (χ3n) is 2.60. The average Bonchev–Trinajstić information content (AvgIpc) is 2.46. The standard InChI is InChI=1S/C15H14FN3OS/c16-14-7-2-1-5-12(14)10-20-13-6-3-4-11(8-13)9-18-19-15(17)21/h1-9H,10H2,(H3,17,19,21)/b18-9-. The fourth-order valence-corrected chi connectivity index (χ4v) is 1.68. The Morgan fingerprint density at radius 2 is 2.10 bits per heavy atom. The van der Waals surface area contributed by atoms with Gasteiger partial charge in [0.2, 0.25) is 0 Å². The number of thiocarbonyl (C=S) groups is 1. The third kappa shape index (κ3) is 4.85. The molecule has 2 aromatic carbocycles. The van der Waals surface area contributed by atoms with Crippen molar-refractivity contribution in [2.75, 3.05) is 0 Å². The van der Waals surface area contributed by atoms with Crippen LogP contribution in [0.5, 0.6) is 5.75 Å². The molecular weight excluding hydrogens is 289 g/mol. The predicted molar refractivity (Wildman–Crippen MR) is 84.7 cm³/mol. The molecule has 0 unspecified atom stereocenters. The maximum atomic E-state index is 13.5. The van der Waals surface area contributed by atoms with Gasteiger partial charge in [-0.15, -0.1) is 0 Å². The van der Waals surface area contributed by atoms with E-state index in [0.29, 0.717) is 11.3 Å². The molecule has 2 rings (SSSR count). The number of benzene rings is 2. The highest BCUT2D eigenvalue weighted by atomic mass is 32.1. The van der Waals surface area contributed by atoms with E-state index in [1.54, 1.807) is 36.5 Å².